The topological polar surface area (TPSA) is 135 Å². The number of hydrogen-bond acceptors (Lipinski definition) is 5. The van der Waals surface area contributed by atoms with Gasteiger partial charge >= 0.3 is 12.2 Å². The van der Waals surface area contributed by atoms with Crippen molar-refractivity contribution in [2.75, 3.05) is 11.9 Å². The Morgan fingerprint density at radius 1 is 1.12 bits per heavy atom. The summed E-state index contributed by atoms with van der Waals surface area (Å²) in [5.74, 6) is -0.180. The Morgan fingerprint density at radius 3 is 2.41 bits per heavy atom. The Labute approximate surface area is 183 Å². The lowest BCUT2D eigenvalue weighted by atomic mass is 10.2. The molecule has 0 bridgehead atoms. The standard InChI is InChI=1S/C19H24F3N5O4S/c1-2-3-10-31-17-14(6-9-16(27-17)19(20,21)22)12-24-18(28)26-15-7-4-13(5-8-15)11-25-32(23,29)30/h4-9,25H,2-3,10-12H2,1H3,(H2,23,29,30)(H2,24,26,28). The number of pyridine rings is 1. The molecule has 1 aromatic carbocycles. The molecule has 176 valence electrons. The number of alkyl halides is 3. The Balaban J connectivity index is 1.97. The van der Waals surface area contributed by atoms with Crippen LogP contribution in [0.1, 0.15) is 36.6 Å². The first-order chi connectivity index (χ1) is 15.0. The second-order valence-electron chi connectivity index (χ2n) is 6.73. The zero-order valence-electron chi connectivity index (χ0n) is 17.2. The van der Waals surface area contributed by atoms with Gasteiger partial charge in [-0.15, -0.1) is 0 Å². The third kappa shape index (κ3) is 8.69. The van der Waals surface area contributed by atoms with E-state index in [9.17, 15) is 26.4 Å². The second kappa shape index (κ2) is 11.1. The molecule has 9 nitrogen and oxygen atoms in total. The third-order valence-corrected chi connectivity index (χ3v) is 4.64. The van der Waals surface area contributed by atoms with Gasteiger partial charge in [-0.2, -0.15) is 26.3 Å². The van der Waals surface area contributed by atoms with Crippen LogP contribution >= 0.6 is 0 Å². The van der Waals surface area contributed by atoms with Crippen molar-refractivity contribution in [2.24, 2.45) is 5.14 Å². The summed E-state index contributed by atoms with van der Waals surface area (Å²) in [4.78, 5) is 15.7. The minimum absolute atomic E-state index is 0.00691. The van der Waals surface area contributed by atoms with Crippen LogP contribution in [0, 0.1) is 0 Å². The fraction of sp³-hybridized carbons (Fsp3) is 0.368. The Hall–Kier alpha value is -2.90. The fourth-order valence-electron chi connectivity index (χ4n) is 2.44. The minimum atomic E-state index is -4.61. The number of nitrogens with two attached hydrogens (primary N) is 1. The molecule has 2 rings (SSSR count). The Kier molecular flexibility index (Phi) is 8.80. The number of benzene rings is 1. The number of amides is 2. The van der Waals surface area contributed by atoms with Crippen molar-refractivity contribution in [3.63, 3.8) is 0 Å². The van der Waals surface area contributed by atoms with Gasteiger partial charge in [-0.25, -0.2) is 14.9 Å². The molecule has 13 heteroatoms. The van der Waals surface area contributed by atoms with Crippen LogP contribution in [0.4, 0.5) is 23.7 Å². The molecular formula is C19H24F3N5O4S. The number of unbranched alkanes of at least 4 members (excludes halogenated alkanes) is 1. The molecule has 5 N–H and O–H groups in total. The Bertz CT molecular complexity index is 1010. The van der Waals surface area contributed by atoms with Gasteiger partial charge in [0.2, 0.25) is 5.88 Å². The van der Waals surface area contributed by atoms with Gasteiger partial charge in [0, 0.05) is 24.3 Å². The molecule has 0 saturated carbocycles. The number of ether oxygens (including phenoxy) is 1. The predicted octanol–water partition coefficient (Wildman–Crippen LogP) is 2.89. The summed E-state index contributed by atoms with van der Waals surface area (Å²) in [5, 5.41) is 9.96. The molecule has 2 aromatic rings. The van der Waals surface area contributed by atoms with Crippen molar-refractivity contribution in [2.45, 2.75) is 39.0 Å². The van der Waals surface area contributed by atoms with E-state index in [4.69, 9.17) is 9.88 Å². The molecular weight excluding hydrogens is 451 g/mol. The van der Waals surface area contributed by atoms with Gasteiger partial charge in [-0.05, 0) is 36.2 Å². The average Bonchev–Trinajstić information content (AvgIpc) is 2.71. The van der Waals surface area contributed by atoms with E-state index in [1.54, 1.807) is 24.3 Å². The zero-order chi connectivity index (χ0) is 23.8. The lowest BCUT2D eigenvalue weighted by Gasteiger charge is -2.14. The van der Waals surface area contributed by atoms with Crippen molar-refractivity contribution in [3.05, 3.63) is 53.2 Å². The number of halogens is 3. The Morgan fingerprint density at radius 2 is 1.81 bits per heavy atom. The summed E-state index contributed by atoms with van der Waals surface area (Å²) in [6.45, 7) is 2.01. The number of carbonyl (C=O) groups is 1. The molecule has 32 heavy (non-hydrogen) atoms. The molecule has 1 heterocycles. The average molecular weight is 475 g/mol. The van der Waals surface area contributed by atoms with Gasteiger partial charge in [0.25, 0.3) is 10.2 Å². The number of carbonyl (C=O) groups excluding carboxylic acids is 1. The largest absolute Gasteiger partial charge is 0.477 e. The number of urea groups is 1. The first kappa shape index (κ1) is 25.4. The molecule has 0 aliphatic carbocycles. The number of rotatable bonds is 10. The van der Waals surface area contributed by atoms with Crippen LogP contribution in [0.3, 0.4) is 0 Å². The maximum atomic E-state index is 12.9. The van der Waals surface area contributed by atoms with Crippen LogP contribution in [0.15, 0.2) is 36.4 Å². The maximum Gasteiger partial charge on any atom is 0.433 e. The van der Waals surface area contributed by atoms with Crippen LogP contribution < -0.4 is 25.2 Å². The van der Waals surface area contributed by atoms with Gasteiger partial charge < -0.3 is 15.4 Å². The maximum absolute atomic E-state index is 12.9. The summed E-state index contributed by atoms with van der Waals surface area (Å²) in [7, 11) is -3.81. The number of hydrogen-bond donors (Lipinski definition) is 4. The van der Waals surface area contributed by atoms with E-state index < -0.39 is 28.1 Å². The van der Waals surface area contributed by atoms with E-state index in [0.29, 0.717) is 23.2 Å². The van der Waals surface area contributed by atoms with Crippen LogP contribution in [-0.2, 0) is 29.5 Å². The second-order valence-corrected chi connectivity index (χ2v) is 8.11. The third-order valence-electron chi connectivity index (χ3n) is 4.09. The van der Waals surface area contributed by atoms with Crippen LogP contribution in [-0.4, -0.2) is 26.0 Å². The van der Waals surface area contributed by atoms with Gasteiger partial charge in [0.15, 0.2) is 0 Å². The van der Waals surface area contributed by atoms with Crippen LogP contribution in [0.5, 0.6) is 5.88 Å². The molecule has 0 aliphatic rings. The van der Waals surface area contributed by atoms with Crippen molar-refractivity contribution in [1.29, 1.82) is 0 Å². The molecule has 0 spiro atoms. The quantitative estimate of drug-likeness (QED) is 0.392. The van der Waals surface area contributed by atoms with E-state index >= 15 is 0 Å². The molecule has 0 aliphatic heterocycles. The minimum Gasteiger partial charge on any atom is -0.477 e. The lowest BCUT2D eigenvalue weighted by molar-refractivity contribution is -0.141. The van der Waals surface area contributed by atoms with Crippen LogP contribution in [0.25, 0.3) is 0 Å². The first-order valence-corrected chi connectivity index (χ1v) is 11.1. The monoisotopic (exact) mass is 475 g/mol. The molecule has 1 aromatic heterocycles. The van der Waals surface area contributed by atoms with Gasteiger partial charge in [-0.3, -0.25) is 0 Å². The summed E-state index contributed by atoms with van der Waals surface area (Å²) in [6.07, 6.45) is -3.16. The SMILES string of the molecule is CCCCOc1nc(C(F)(F)F)ccc1CNC(=O)Nc1ccc(CNS(N)(=O)=O)cc1. The highest BCUT2D eigenvalue weighted by atomic mass is 32.2. The van der Waals surface area contributed by atoms with Gasteiger partial charge in [-0.1, -0.05) is 25.5 Å². The van der Waals surface area contributed by atoms with Crippen molar-refractivity contribution in [1.82, 2.24) is 15.0 Å². The smallest absolute Gasteiger partial charge is 0.433 e. The van der Waals surface area contributed by atoms with Gasteiger partial charge in [0.1, 0.15) is 5.69 Å². The number of aromatic nitrogens is 1. The molecule has 0 unspecified atom stereocenters. The normalized spacial score (nSPS) is 11.8. The summed E-state index contributed by atoms with van der Waals surface area (Å²) in [6, 6.07) is 7.73. The summed E-state index contributed by atoms with van der Waals surface area (Å²) in [5.41, 5.74) is 0.268. The van der Waals surface area contributed by atoms with Gasteiger partial charge in [0.05, 0.1) is 6.61 Å². The fourth-order valence-corrected chi connectivity index (χ4v) is 2.81. The molecule has 2 amide bonds. The number of nitrogens with zero attached hydrogens (tertiary/aromatic N) is 1. The van der Waals surface area contributed by atoms with E-state index in [1.165, 1.54) is 6.07 Å². The zero-order valence-corrected chi connectivity index (χ0v) is 18.0. The van der Waals surface area contributed by atoms with Crippen molar-refractivity contribution >= 4 is 21.9 Å². The van der Waals surface area contributed by atoms with E-state index in [0.717, 1.165) is 12.5 Å². The highest BCUT2D eigenvalue weighted by Crippen LogP contribution is 2.30. The summed E-state index contributed by atoms with van der Waals surface area (Å²) < 4.78 is 68.2. The first-order valence-electron chi connectivity index (χ1n) is 9.59. The van der Waals surface area contributed by atoms with Crippen LogP contribution in [0.2, 0.25) is 0 Å². The molecule has 0 saturated heterocycles. The molecule has 0 radical (unpaired) electrons. The van der Waals surface area contributed by atoms with Crippen molar-refractivity contribution < 1.29 is 31.1 Å². The summed E-state index contributed by atoms with van der Waals surface area (Å²) >= 11 is 0. The predicted molar refractivity (Wildman–Crippen MR) is 112 cm³/mol. The molecule has 0 fully saturated rings. The molecule has 0 atom stereocenters. The van der Waals surface area contributed by atoms with Crippen molar-refractivity contribution in [3.8, 4) is 5.88 Å². The van der Waals surface area contributed by atoms with E-state index in [2.05, 4.69) is 20.3 Å². The number of anilines is 1. The highest BCUT2D eigenvalue weighted by molar-refractivity contribution is 7.87. The number of nitrogens with one attached hydrogen (secondary N) is 3. The lowest BCUT2D eigenvalue weighted by Crippen LogP contribution is -2.30. The highest BCUT2D eigenvalue weighted by Gasteiger charge is 2.33. The van der Waals surface area contributed by atoms with E-state index in [1.807, 2.05) is 6.92 Å². The van der Waals surface area contributed by atoms with E-state index in [-0.39, 0.29) is 25.6 Å².